The summed E-state index contributed by atoms with van der Waals surface area (Å²) in [4.78, 5) is 25.9. The summed E-state index contributed by atoms with van der Waals surface area (Å²) in [6, 6.07) is 5.53. The van der Waals surface area contributed by atoms with E-state index in [1.54, 1.807) is 16.2 Å². The van der Waals surface area contributed by atoms with Crippen LogP contribution in [0, 0.1) is 6.92 Å². The van der Waals surface area contributed by atoms with Crippen LogP contribution in [0.4, 0.5) is 23.7 Å². The van der Waals surface area contributed by atoms with Gasteiger partial charge in [-0.15, -0.1) is 11.3 Å². The summed E-state index contributed by atoms with van der Waals surface area (Å²) in [6.45, 7) is 5.26. The molecule has 204 valence electrons. The average Bonchev–Trinajstić information content (AvgIpc) is 3.34. The van der Waals surface area contributed by atoms with Crippen molar-refractivity contribution < 1.29 is 27.4 Å². The fourth-order valence-electron chi connectivity index (χ4n) is 3.99. The van der Waals surface area contributed by atoms with Crippen LogP contribution in [0.5, 0.6) is 5.75 Å². The Bertz CT molecular complexity index is 1230. The number of carbonyl (C=O) groups is 1. The van der Waals surface area contributed by atoms with Crippen LogP contribution in [-0.4, -0.2) is 58.9 Å². The molecule has 2 N–H and O–H groups in total. The van der Waals surface area contributed by atoms with E-state index in [0.29, 0.717) is 43.9 Å². The highest BCUT2D eigenvalue weighted by Gasteiger charge is 2.34. The second-order valence-electron chi connectivity index (χ2n) is 8.91. The summed E-state index contributed by atoms with van der Waals surface area (Å²) in [5, 5.41) is 7.38. The molecule has 0 radical (unpaired) electrons. The van der Waals surface area contributed by atoms with Crippen LogP contribution >= 0.6 is 11.3 Å². The number of amides is 1. The van der Waals surface area contributed by atoms with Gasteiger partial charge in [0.1, 0.15) is 16.9 Å². The van der Waals surface area contributed by atoms with Crippen molar-refractivity contribution in [3.63, 3.8) is 0 Å². The van der Waals surface area contributed by atoms with Gasteiger partial charge in [0, 0.05) is 78.3 Å². The molecule has 1 aliphatic heterocycles. The first-order valence-corrected chi connectivity index (χ1v) is 12.9. The summed E-state index contributed by atoms with van der Waals surface area (Å²) in [6.07, 6.45) is 0.594. The van der Waals surface area contributed by atoms with E-state index < -0.39 is 12.0 Å². The summed E-state index contributed by atoms with van der Waals surface area (Å²) in [5.41, 5.74) is 2.23. The number of aryl methyl sites for hydroxylation is 1. The molecule has 38 heavy (non-hydrogen) atoms. The van der Waals surface area contributed by atoms with E-state index in [2.05, 4.69) is 25.6 Å². The molecule has 1 amide bonds. The topological polar surface area (TPSA) is 102 Å². The smallest absolute Gasteiger partial charge is 0.451 e. The van der Waals surface area contributed by atoms with Crippen molar-refractivity contribution in [1.29, 1.82) is 0 Å². The number of nitrogens with one attached hydrogen (secondary N) is 2. The maximum absolute atomic E-state index is 12.7. The van der Waals surface area contributed by atoms with E-state index >= 15 is 0 Å². The lowest BCUT2D eigenvalue weighted by Crippen LogP contribution is -2.41. The Kier molecular flexibility index (Phi) is 8.67. The van der Waals surface area contributed by atoms with E-state index in [1.165, 1.54) is 19.5 Å². The molecule has 9 nitrogen and oxygen atoms in total. The standard InChI is InChI=1S/C25H29F3N6O3S/c1-15-11-29-22(38-15)17-8-19(10-21(9-17)37-20-4-6-34(7-5-20)24(35)36-3)33-14-32-16(2)18-12-30-23(31-13-18)25(26,27)28/h8-13,16,20,32-33H,4-7,14H2,1-3H3/t16-/m1/s1. The van der Waals surface area contributed by atoms with Gasteiger partial charge in [0.05, 0.1) is 13.8 Å². The SMILES string of the molecule is COC(=O)N1CCC(Oc2cc(NCN[C@H](C)c3cnc(C(F)(F)F)nc3)cc(-c3ncc(C)s3)c2)CC1. The molecule has 1 aromatic carbocycles. The number of halogens is 3. The monoisotopic (exact) mass is 550 g/mol. The van der Waals surface area contributed by atoms with E-state index in [4.69, 9.17) is 9.47 Å². The molecule has 1 aliphatic rings. The fraction of sp³-hybridized carbons (Fsp3) is 0.440. The van der Waals surface area contributed by atoms with Crippen LogP contribution < -0.4 is 15.4 Å². The average molecular weight is 551 g/mol. The highest BCUT2D eigenvalue weighted by Crippen LogP contribution is 2.32. The largest absolute Gasteiger partial charge is 0.490 e. The lowest BCUT2D eigenvalue weighted by Gasteiger charge is -2.31. The highest BCUT2D eigenvalue weighted by molar-refractivity contribution is 7.14. The van der Waals surface area contributed by atoms with Crippen molar-refractivity contribution >= 4 is 23.1 Å². The lowest BCUT2D eigenvalue weighted by atomic mass is 10.1. The minimum absolute atomic E-state index is 0.0464. The van der Waals surface area contributed by atoms with Gasteiger partial charge in [-0.1, -0.05) is 0 Å². The predicted molar refractivity (Wildman–Crippen MR) is 137 cm³/mol. The number of piperidine rings is 1. The van der Waals surface area contributed by atoms with Crippen LogP contribution in [-0.2, 0) is 10.9 Å². The first kappa shape index (κ1) is 27.6. The van der Waals surface area contributed by atoms with Crippen molar-refractivity contribution in [2.75, 3.05) is 32.2 Å². The Morgan fingerprint density at radius 1 is 1.16 bits per heavy atom. The number of ether oxygens (including phenoxy) is 2. The minimum Gasteiger partial charge on any atom is -0.490 e. The van der Waals surface area contributed by atoms with Crippen molar-refractivity contribution in [2.45, 2.75) is 45.0 Å². The van der Waals surface area contributed by atoms with Crippen molar-refractivity contribution in [2.24, 2.45) is 0 Å². The number of thiazole rings is 1. The maximum atomic E-state index is 12.7. The minimum atomic E-state index is -4.57. The van der Waals surface area contributed by atoms with Gasteiger partial charge in [0.15, 0.2) is 0 Å². The Morgan fingerprint density at radius 2 is 1.87 bits per heavy atom. The quantitative estimate of drug-likeness (QED) is 0.367. The number of benzene rings is 1. The van der Waals surface area contributed by atoms with E-state index in [-0.39, 0.29) is 18.2 Å². The summed E-state index contributed by atoms with van der Waals surface area (Å²) in [7, 11) is 1.37. The molecular formula is C25H29F3N6O3S. The molecule has 3 heterocycles. The maximum Gasteiger partial charge on any atom is 0.451 e. The number of carbonyl (C=O) groups excluding carboxylic acids is 1. The van der Waals surface area contributed by atoms with Gasteiger partial charge in [-0.3, -0.25) is 5.32 Å². The third-order valence-corrected chi connectivity index (χ3v) is 7.04. The Labute approximate surface area is 222 Å². The van der Waals surface area contributed by atoms with Gasteiger partial charge in [0.2, 0.25) is 5.82 Å². The molecule has 1 atom stereocenters. The normalized spacial score (nSPS) is 15.3. The Balaban J connectivity index is 1.41. The third-order valence-electron chi connectivity index (χ3n) is 6.08. The molecule has 4 rings (SSSR count). The van der Waals surface area contributed by atoms with Crippen molar-refractivity contribution in [3.8, 4) is 16.3 Å². The molecule has 0 spiro atoms. The number of alkyl halides is 3. The number of nitrogens with zero attached hydrogens (tertiary/aromatic N) is 4. The van der Waals surface area contributed by atoms with Gasteiger partial charge < -0.3 is 19.7 Å². The van der Waals surface area contributed by atoms with Crippen LogP contribution in [0.3, 0.4) is 0 Å². The molecule has 0 unspecified atom stereocenters. The second kappa shape index (κ2) is 11.9. The molecule has 13 heteroatoms. The van der Waals surface area contributed by atoms with Crippen LogP contribution in [0.1, 0.15) is 42.1 Å². The summed E-state index contributed by atoms with van der Waals surface area (Å²) < 4.78 is 49.3. The first-order valence-electron chi connectivity index (χ1n) is 12.1. The van der Waals surface area contributed by atoms with E-state index in [9.17, 15) is 18.0 Å². The molecule has 1 saturated heterocycles. The van der Waals surface area contributed by atoms with Crippen molar-refractivity contribution in [3.05, 3.63) is 53.1 Å². The molecule has 1 fully saturated rings. The van der Waals surface area contributed by atoms with Crippen molar-refractivity contribution in [1.82, 2.24) is 25.2 Å². The first-order chi connectivity index (χ1) is 18.1. The number of aromatic nitrogens is 3. The molecule has 0 aliphatic carbocycles. The van der Waals surface area contributed by atoms with Crippen LogP contribution in [0.2, 0.25) is 0 Å². The van der Waals surface area contributed by atoms with Gasteiger partial charge in [-0.05, 0) is 26.0 Å². The molecule has 0 bridgehead atoms. The fourth-order valence-corrected chi connectivity index (χ4v) is 4.74. The Hall–Kier alpha value is -3.45. The predicted octanol–water partition coefficient (Wildman–Crippen LogP) is 5.26. The number of methoxy groups -OCH3 is 1. The number of hydrogen-bond acceptors (Lipinski definition) is 9. The van der Waals surface area contributed by atoms with Gasteiger partial charge in [0.25, 0.3) is 0 Å². The number of hydrogen-bond donors (Lipinski definition) is 2. The number of likely N-dealkylation sites (tertiary alicyclic amines) is 1. The lowest BCUT2D eigenvalue weighted by molar-refractivity contribution is -0.145. The Morgan fingerprint density at radius 3 is 2.47 bits per heavy atom. The van der Waals surface area contributed by atoms with Crippen LogP contribution in [0.25, 0.3) is 10.6 Å². The summed E-state index contributed by atoms with van der Waals surface area (Å²) in [5.74, 6) is -0.483. The summed E-state index contributed by atoms with van der Waals surface area (Å²) >= 11 is 1.58. The molecule has 0 saturated carbocycles. The molecule has 2 aromatic heterocycles. The second-order valence-corrected chi connectivity index (χ2v) is 10.1. The van der Waals surface area contributed by atoms with Crippen LogP contribution in [0.15, 0.2) is 36.8 Å². The third kappa shape index (κ3) is 7.10. The van der Waals surface area contributed by atoms with Gasteiger partial charge >= 0.3 is 12.3 Å². The highest BCUT2D eigenvalue weighted by atomic mass is 32.1. The van der Waals surface area contributed by atoms with Gasteiger partial charge in [-0.25, -0.2) is 19.7 Å². The zero-order valence-electron chi connectivity index (χ0n) is 21.2. The zero-order valence-corrected chi connectivity index (χ0v) is 22.0. The number of anilines is 1. The van der Waals surface area contributed by atoms with Gasteiger partial charge in [-0.2, -0.15) is 13.2 Å². The van der Waals surface area contributed by atoms with E-state index in [0.717, 1.165) is 21.1 Å². The molecular weight excluding hydrogens is 521 g/mol. The van der Waals surface area contributed by atoms with E-state index in [1.807, 2.05) is 38.2 Å². The molecule has 3 aromatic rings. The number of rotatable bonds is 8. The zero-order chi connectivity index (χ0) is 27.3.